The summed E-state index contributed by atoms with van der Waals surface area (Å²) in [4.78, 5) is 11.3. The van der Waals surface area contributed by atoms with Gasteiger partial charge >= 0.3 is 0 Å². The lowest BCUT2D eigenvalue weighted by molar-refractivity contribution is 0.303. The van der Waals surface area contributed by atoms with Crippen molar-refractivity contribution in [1.82, 2.24) is 20.0 Å². The Morgan fingerprint density at radius 3 is 2.43 bits per heavy atom. The second-order valence-corrected chi connectivity index (χ2v) is 6.39. The van der Waals surface area contributed by atoms with E-state index in [2.05, 4.69) is 39.2 Å². The molecular weight excluding hydrogens is 354 g/mol. The number of pyridine rings is 1. The van der Waals surface area contributed by atoms with Gasteiger partial charge in [-0.1, -0.05) is 19.0 Å². The number of hydrogen-bond donors (Lipinski definition) is 1. The molecular formula is C21H27N5O2. The zero-order valence-electron chi connectivity index (χ0n) is 16.7. The van der Waals surface area contributed by atoms with Gasteiger partial charge in [0.1, 0.15) is 11.6 Å². The molecule has 0 saturated heterocycles. The van der Waals surface area contributed by atoms with Crippen LogP contribution < -0.4 is 10.1 Å². The highest BCUT2D eigenvalue weighted by atomic mass is 16.5. The first-order chi connectivity index (χ1) is 13.7. The summed E-state index contributed by atoms with van der Waals surface area (Å²) in [6.45, 7) is 8.54. The van der Waals surface area contributed by atoms with Crippen LogP contribution in [0.15, 0.2) is 47.1 Å². The van der Waals surface area contributed by atoms with Crippen LogP contribution in [-0.4, -0.2) is 53.3 Å². The molecule has 1 aromatic carbocycles. The first-order valence-corrected chi connectivity index (χ1v) is 9.64. The lowest BCUT2D eigenvalue weighted by atomic mass is 10.2. The molecule has 2 aromatic heterocycles. The standard InChI is InChI=1S/C21H27N5O2/c1-4-26(5-2)14-6-13-22-19-12-9-17(15-23-19)21-24-20(25-28-21)16-7-10-18(27-3)11-8-16/h7-12,15H,4-6,13-14H2,1-3H3,(H,22,23). The number of rotatable bonds is 10. The first kappa shape index (κ1) is 19.8. The van der Waals surface area contributed by atoms with Crippen LogP contribution in [-0.2, 0) is 0 Å². The summed E-state index contributed by atoms with van der Waals surface area (Å²) in [6, 6.07) is 11.4. The molecule has 0 aliphatic rings. The van der Waals surface area contributed by atoms with Crippen molar-refractivity contribution in [3.8, 4) is 28.6 Å². The Balaban J connectivity index is 1.57. The Morgan fingerprint density at radius 2 is 1.79 bits per heavy atom. The number of nitrogens with zero attached hydrogens (tertiary/aromatic N) is 4. The SMILES string of the molecule is CCN(CC)CCCNc1ccc(-c2nc(-c3ccc(OC)cc3)no2)cn1. The Kier molecular flexibility index (Phi) is 6.97. The molecule has 7 heteroatoms. The van der Waals surface area contributed by atoms with Crippen LogP contribution in [0.4, 0.5) is 5.82 Å². The van der Waals surface area contributed by atoms with Gasteiger partial charge in [0.15, 0.2) is 0 Å². The van der Waals surface area contributed by atoms with Crippen LogP contribution >= 0.6 is 0 Å². The maximum Gasteiger partial charge on any atom is 0.259 e. The largest absolute Gasteiger partial charge is 0.497 e. The molecule has 0 saturated carbocycles. The second-order valence-electron chi connectivity index (χ2n) is 6.39. The van der Waals surface area contributed by atoms with Crippen molar-refractivity contribution >= 4 is 5.82 Å². The van der Waals surface area contributed by atoms with E-state index in [1.807, 2.05) is 36.4 Å². The fraction of sp³-hybridized carbons (Fsp3) is 0.381. The van der Waals surface area contributed by atoms with Crippen molar-refractivity contribution in [2.45, 2.75) is 20.3 Å². The van der Waals surface area contributed by atoms with Gasteiger partial charge in [-0.15, -0.1) is 0 Å². The Morgan fingerprint density at radius 1 is 1.04 bits per heavy atom. The summed E-state index contributed by atoms with van der Waals surface area (Å²) in [5.74, 6) is 2.62. The number of ether oxygens (including phenoxy) is 1. The van der Waals surface area contributed by atoms with E-state index >= 15 is 0 Å². The fourth-order valence-electron chi connectivity index (χ4n) is 2.88. The first-order valence-electron chi connectivity index (χ1n) is 9.64. The normalized spacial score (nSPS) is 11.0. The van der Waals surface area contributed by atoms with Crippen molar-refractivity contribution in [1.29, 1.82) is 0 Å². The van der Waals surface area contributed by atoms with E-state index in [0.29, 0.717) is 11.7 Å². The van der Waals surface area contributed by atoms with E-state index < -0.39 is 0 Å². The number of nitrogens with one attached hydrogen (secondary N) is 1. The summed E-state index contributed by atoms with van der Waals surface area (Å²) < 4.78 is 10.6. The van der Waals surface area contributed by atoms with Crippen LogP contribution in [0.1, 0.15) is 20.3 Å². The minimum atomic E-state index is 0.450. The average molecular weight is 381 g/mol. The van der Waals surface area contributed by atoms with Gasteiger partial charge in [-0.25, -0.2) is 4.98 Å². The van der Waals surface area contributed by atoms with E-state index in [0.717, 1.165) is 55.3 Å². The van der Waals surface area contributed by atoms with Crippen molar-refractivity contribution in [2.24, 2.45) is 0 Å². The van der Waals surface area contributed by atoms with E-state index in [-0.39, 0.29) is 0 Å². The highest BCUT2D eigenvalue weighted by Crippen LogP contribution is 2.24. The van der Waals surface area contributed by atoms with Gasteiger partial charge in [-0.05, 0) is 62.5 Å². The molecule has 0 atom stereocenters. The molecule has 7 nitrogen and oxygen atoms in total. The van der Waals surface area contributed by atoms with E-state index in [1.54, 1.807) is 13.3 Å². The van der Waals surface area contributed by atoms with Gasteiger partial charge in [-0.3, -0.25) is 0 Å². The van der Waals surface area contributed by atoms with E-state index in [9.17, 15) is 0 Å². The van der Waals surface area contributed by atoms with Crippen molar-refractivity contribution < 1.29 is 9.26 Å². The topological polar surface area (TPSA) is 76.3 Å². The highest BCUT2D eigenvalue weighted by molar-refractivity contribution is 5.60. The van der Waals surface area contributed by atoms with Crippen LogP contribution in [0.3, 0.4) is 0 Å². The number of anilines is 1. The fourth-order valence-corrected chi connectivity index (χ4v) is 2.88. The van der Waals surface area contributed by atoms with Gasteiger partial charge < -0.3 is 19.5 Å². The molecule has 0 aliphatic heterocycles. The maximum absolute atomic E-state index is 5.39. The molecule has 3 rings (SSSR count). The third-order valence-electron chi connectivity index (χ3n) is 4.64. The monoisotopic (exact) mass is 381 g/mol. The number of hydrogen-bond acceptors (Lipinski definition) is 7. The summed E-state index contributed by atoms with van der Waals surface area (Å²) in [6.07, 6.45) is 2.83. The number of methoxy groups -OCH3 is 1. The molecule has 0 unspecified atom stereocenters. The third-order valence-corrected chi connectivity index (χ3v) is 4.64. The van der Waals surface area contributed by atoms with Gasteiger partial charge in [0, 0.05) is 18.3 Å². The molecule has 0 fully saturated rings. The second kappa shape index (κ2) is 9.85. The number of benzene rings is 1. The van der Waals surface area contributed by atoms with Gasteiger partial charge in [-0.2, -0.15) is 4.98 Å². The highest BCUT2D eigenvalue weighted by Gasteiger charge is 2.11. The Bertz CT molecular complexity index is 842. The predicted molar refractivity (Wildman–Crippen MR) is 110 cm³/mol. The quantitative estimate of drug-likeness (QED) is 0.533. The van der Waals surface area contributed by atoms with Crippen molar-refractivity contribution in [3.63, 3.8) is 0 Å². The third kappa shape index (κ3) is 5.07. The molecule has 2 heterocycles. The molecule has 0 bridgehead atoms. The van der Waals surface area contributed by atoms with Crippen molar-refractivity contribution in [2.75, 3.05) is 38.6 Å². The predicted octanol–water partition coefficient (Wildman–Crippen LogP) is 3.95. The minimum absolute atomic E-state index is 0.450. The van der Waals surface area contributed by atoms with E-state index in [1.165, 1.54) is 0 Å². The lowest BCUT2D eigenvalue weighted by Crippen LogP contribution is -2.25. The van der Waals surface area contributed by atoms with Gasteiger partial charge in [0.05, 0.1) is 12.7 Å². The van der Waals surface area contributed by atoms with Crippen molar-refractivity contribution in [3.05, 3.63) is 42.6 Å². The molecule has 0 spiro atoms. The lowest BCUT2D eigenvalue weighted by Gasteiger charge is -2.17. The molecule has 148 valence electrons. The summed E-state index contributed by atoms with van der Waals surface area (Å²) in [7, 11) is 1.64. The average Bonchev–Trinajstić information content (AvgIpc) is 3.24. The van der Waals surface area contributed by atoms with Crippen LogP contribution in [0, 0.1) is 0 Å². The zero-order chi connectivity index (χ0) is 19.8. The smallest absolute Gasteiger partial charge is 0.259 e. The maximum atomic E-state index is 5.39. The summed E-state index contributed by atoms with van der Waals surface area (Å²) >= 11 is 0. The van der Waals surface area contributed by atoms with E-state index in [4.69, 9.17) is 9.26 Å². The molecule has 1 N–H and O–H groups in total. The van der Waals surface area contributed by atoms with Gasteiger partial charge in [0.25, 0.3) is 5.89 Å². The number of aromatic nitrogens is 3. The summed E-state index contributed by atoms with van der Waals surface area (Å²) in [5.41, 5.74) is 1.66. The molecule has 0 radical (unpaired) electrons. The molecule has 0 aliphatic carbocycles. The zero-order valence-corrected chi connectivity index (χ0v) is 16.7. The minimum Gasteiger partial charge on any atom is -0.497 e. The van der Waals surface area contributed by atoms with Crippen LogP contribution in [0.5, 0.6) is 5.75 Å². The Hall–Kier alpha value is -2.93. The molecule has 3 aromatic rings. The molecule has 0 amide bonds. The van der Waals surface area contributed by atoms with Gasteiger partial charge in [0.2, 0.25) is 5.82 Å². The van der Waals surface area contributed by atoms with Crippen LogP contribution in [0.25, 0.3) is 22.8 Å². The Labute approximate surface area is 165 Å². The molecule has 28 heavy (non-hydrogen) atoms. The van der Waals surface area contributed by atoms with Crippen LogP contribution in [0.2, 0.25) is 0 Å². The summed E-state index contributed by atoms with van der Waals surface area (Å²) in [5, 5.41) is 7.41.